The van der Waals surface area contributed by atoms with Crippen molar-refractivity contribution >= 4 is 43.1 Å². The number of nitrogens with zero attached hydrogens (tertiary/aromatic N) is 4. The van der Waals surface area contributed by atoms with Gasteiger partial charge in [-0.3, -0.25) is 14.4 Å². The van der Waals surface area contributed by atoms with Gasteiger partial charge in [0.25, 0.3) is 0 Å². The van der Waals surface area contributed by atoms with Crippen LogP contribution in [0.3, 0.4) is 0 Å². The zero-order valence-corrected chi connectivity index (χ0v) is 19.7. The van der Waals surface area contributed by atoms with Gasteiger partial charge in [0, 0.05) is 57.4 Å². The molecule has 9 heteroatoms. The maximum atomic E-state index is 12.5. The number of aromatic nitrogens is 2. The number of carbonyl (C=O) groups excluding carboxylic acids is 1. The molecule has 1 aromatic rings. The number of piperidine rings is 1. The predicted molar refractivity (Wildman–Crippen MR) is 121 cm³/mol. The molecule has 28 heavy (non-hydrogen) atoms. The van der Waals surface area contributed by atoms with E-state index >= 15 is 0 Å². The van der Waals surface area contributed by atoms with Crippen molar-refractivity contribution in [1.82, 2.24) is 24.9 Å². The summed E-state index contributed by atoms with van der Waals surface area (Å²) in [4.78, 5) is 17.0. The monoisotopic (exact) mass is 455 g/mol. The van der Waals surface area contributed by atoms with Crippen molar-refractivity contribution in [3.05, 3.63) is 17.0 Å². The fourth-order valence-electron chi connectivity index (χ4n) is 4.08. The fraction of sp³-hybridized carbons (Fsp3) is 0.789. The Labute approximate surface area is 188 Å². The number of nitrogens with one attached hydrogen (secondary N) is 1. The van der Waals surface area contributed by atoms with Crippen molar-refractivity contribution in [3.8, 4) is 0 Å². The van der Waals surface area contributed by atoms with Crippen molar-refractivity contribution in [2.45, 2.75) is 46.1 Å². The lowest BCUT2D eigenvalue weighted by molar-refractivity contribution is -0.133. The summed E-state index contributed by atoms with van der Waals surface area (Å²) in [6.07, 6.45) is 4.25. The molecule has 6 nitrogen and oxygen atoms in total. The summed E-state index contributed by atoms with van der Waals surface area (Å²) >= 11 is 0. The summed E-state index contributed by atoms with van der Waals surface area (Å²) < 4.78 is 1.96. The molecule has 0 aliphatic carbocycles. The Bertz CT molecular complexity index is 597. The number of carbonyl (C=O) groups is 1. The van der Waals surface area contributed by atoms with E-state index in [9.17, 15) is 4.79 Å². The molecular weight excluding hydrogens is 421 g/mol. The minimum absolute atomic E-state index is 0. The maximum Gasteiger partial charge on any atom is 0.222 e. The highest BCUT2D eigenvalue weighted by Crippen LogP contribution is 2.19. The van der Waals surface area contributed by atoms with Crippen LogP contribution < -0.4 is 5.32 Å². The van der Waals surface area contributed by atoms with Crippen molar-refractivity contribution < 1.29 is 4.79 Å². The van der Waals surface area contributed by atoms with Gasteiger partial charge in [0.05, 0.1) is 5.69 Å². The molecule has 2 fully saturated rings. The molecule has 0 aromatic carbocycles. The highest BCUT2D eigenvalue weighted by Gasteiger charge is 2.23. The molecule has 3 rings (SSSR count). The molecule has 2 aliphatic heterocycles. The first-order valence-corrected chi connectivity index (χ1v) is 9.74. The van der Waals surface area contributed by atoms with E-state index in [4.69, 9.17) is 0 Å². The minimum atomic E-state index is 0. The van der Waals surface area contributed by atoms with E-state index in [1.165, 1.54) is 24.1 Å². The fourth-order valence-corrected chi connectivity index (χ4v) is 4.08. The molecule has 164 valence electrons. The third-order valence-electron chi connectivity index (χ3n) is 5.99. The van der Waals surface area contributed by atoms with Crippen LogP contribution in [-0.2, 0) is 18.4 Å². The molecule has 1 N–H and O–H groups in total. The summed E-state index contributed by atoms with van der Waals surface area (Å²) in [7, 11) is 2.00. The van der Waals surface area contributed by atoms with E-state index in [0.29, 0.717) is 5.91 Å². The van der Waals surface area contributed by atoms with Crippen molar-refractivity contribution in [2.75, 3.05) is 39.3 Å². The molecule has 2 saturated heterocycles. The Balaban J connectivity index is 0.00000243. The lowest BCUT2D eigenvalue weighted by atomic mass is 9.93. The van der Waals surface area contributed by atoms with Gasteiger partial charge in [-0.05, 0) is 52.1 Å². The second-order valence-electron chi connectivity index (χ2n) is 7.66. The first-order valence-electron chi connectivity index (χ1n) is 9.74. The number of hydrogen-bond donors (Lipinski definition) is 1. The van der Waals surface area contributed by atoms with Crippen LogP contribution in [0.1, 0.15) is 42.6 Å². The van der Waals surface area contributed by atoms with Crippen LogP contribution >= 0.6 is 37.2 Å². The van der Waals surface area contributed by atoms with Crippen molar-refractivity contribution in [2.24, 2.45) is 13.0 Å². The van der Waals surface area contributed by atoms with Crippen molar-refractivity contribution in [1.29, 1.82) is 0 Å². The van der Waals surface area contributed by atoms with Gasteiger partial charge in [-0.1, -0.05) is 0 Å². The van der Waals surface area contributed by atoms with Gasteiger partial charge in [0.2, 0.25) is 5.91 Å². The maximum absolute atomic E-state index is 12.5. The number of halogens is 3. The van der Waals surface area contributed by atoms with E-state index < -0.39 is 0 Å². The van der Waals surface area contributed by atoms with Gasteiger partial charge in [0.1, 0.15) is 0 Å². The van der Waals surface area contributed by atoms with Crippen LogP contribution in [0.15, 0.2) is 0 Å². The molecule has 0 atom stereocenters. The molecule has 0 spiro atoms. The number of amides is 1. The Kier molecular flexibility index (Phi) is 12.7. The van der Waals surface area contributed by atoms with Crippen LogP contribution in [0.5, 0.6) is 0 Å². The lowest BCUT2D eigenvalue weighted by Crippen LogP contribution is -2.48. The summed E-state index contributed by atoms with van der Waals surface area (Å²) in [5.74, 6) is 1.09. The second-order valence-corrected chi connectivity index (χ2v) is 7.66. The van der Waals surface area contributed by atoms with E-state index in [0.717, 1.165) is 70.3 Å². The highest BCUT2D eigenvalue weighted by molar-refractivity contribution is 5.86. The van der Waals surface area contributed by atoms with Gasteiger partial charge < -0.3 is 10.2 Å². The molecule has 2 aliphatic rings. The molecule has 0 saturated carbocycles. The van der Waals surface area contributed by atoms with Gasteiger partial charge in [-0.2, -0.15) is 5.10 Å². The summed E-state index contributed by atoms with van der Waals surface area (Å²) in [5, 5.41) is 7.90. The third kappa shape index (κ3) is 7.06. The molecule has 0 radical (unpaired) electrons. The zero-order valence-electron chi connectivity index (χ0n) is 17.3. The second kappa shape index (κ2) is 12.9. The Morgan fingerprint density at radius 2 is 1.68 bits per heavy atom. The van der Waals surface area contributed by atoms with Gasteiger partial charge >= 0.3 is 0 Å². The van der Waals surface area contributed by atoms with Crippen LogP contribution in [0, 0.1) is 19.8 Å². The van der Waals surface area contributed by atoms with Crippen molar-refractivity contribution in [3.63, 3.8) is 0 Å². The first-order chi connectivity index (χ1) is 12.0. The quantitative estimate of drug-likeness (QED) is 0.740. The average Bonchev–Trinajstić information content (AvgIpc) is 2.87. The Morgan fingerprint density at radius 3 is 2.21 bits per heavy atom. The summed E-state index contributed by atoms with van der Waals surface area (Å²) in [6.45, 7) is 11.1. The Morgan fingerprint density at radius 1 is 1.07 bits per heavy atom. The average molecular weight is 457 g/mol. The van der Waals surface area contributed by atoms with Crippen LogP contribution in [-0.4, -0.2) is 64.8 Å². The topological polar surface area (TPSA) is 53.4 Å². The zero-order chi connectivity index (χ0) is 17.8. The van der Waals surface area contributed by atoms with E-state index in [1.807, 2.05) is 11.7 Å². The molecule has 0 unspecified atom stereocenters. The summed E-state index contributed by atoms with van der Waals surface area (Å²) in [5.41, 5.74) is 3.71. The normalized spacial score (nSPS) is 18.0. The minimum Gasteiger partial charge on any atom is -0.340 e. The number of aryl methyl sites for hydroxylation is 2. The number of rotatable bonds is 5. The SMILES string of the molecule is Cc1nn(C)c(C)c1CN1CCN(C(=O)CCC2CCNCC2)CC1.Cl.Cl.Cl. The van der Waals surface area contributed by atoms with E-state index in [-0.39, 0.29) is 37.2 Å². The third-order valence-corrected chi connectivity index (χ3v) is 5.99. The van der Waals surface area contributed by atoms with Crippen LogP contribution in [0.25, 0.3) is 0 Å². The molecule has 1 amide bonds. The molecule has 0 bridgehead atoms. The number of piperazine rings is 1. The number of hydrogen-bond acceptors (Lipinski definition) is 4. The highest BCUT2D eigenvalue weighted by atomic mass is 35.5. The molecule has 1 aromatic heterocycles. The molecular formula is C19H36Cl3N5O. The van der Waals surface area contributed by atoms with Crippen LogP contribution in [0.2, 0.25) is 0 Å². The standard InChI is InChI=1S/C19H33N5O.3ClH/c1-15-18(16(2)22(3)21-15)14-23-10-12-24(13-11-23)19(25)5-4-17-6-8-20-9-7-17;;;/h17,20H,4-14H2,1-3H3;3*1H. The lowest BCUT2D eigenvalue weighted by Gasteiger charge is -2.35. The predicted octanol–water partition coefficient (Wildman–Crippen LogP) is 2.73. The first kappa shape index (κ1) is 27.5. The van der Waals surface area contributed by atoms with E-state index in [1.54, 1.807) is 0 Å². The Hall–Kier alpha value is -0.530. The van der Waals surface area contributed by atoms with Crippen LogP contribution in [0.4, 0.5) is 0 Å². The smallest absolute Gasteiger partial charge is 0.222 e. The molecule has 3 heterocycles. The largest absolute Gasteiger partial charge is 0.340 e. The van der Waals surface area contributed by atoms with Gasteiger partial charge in [-0.25, -0.2) is 0 Å². The van der Waals surface area contributed by atoms with E-state index in [2.05, 4.69) is 34.1 Å². The van der Waals surface area contributed by atoms with Gasteiger partial charge in [0.15, 0.2) is 0 Å². The van der Waals surface area contributed by atoms with Gasteiger partial charge in [-0.15, -0.1) is 37.2 Å². The summed E-state index contributed by atoms with van der Waals surface area (Å²) in [6, 6.07) is 0.